The van der Waals surface area contributed by atoms with E-state index in [4.69, 9.17) is 18.9 Å². The maximum atomic E-state index is 13.4. The van der Waals surface area contributed by atoms with Gasteiger partial charge in [-0.1, -0.05) is 60.7 Å². The summed E-state index contributed by atoms with van der Waals surface area (Å²) in [6.07, 6.45) is 0.631. The molecule has 0 saturated carbocycles. The molecule has 4 aromatic rings. The third kappa shape index (κ3) is 4.14. The van der Waals surface area contributed by atoms with E-state index in [0.29, 0.717) is 0 Å². The van der Waals surface area contributed by atoms with Crippen molar-refractivity contribution in [1.82, 2.24) is 0 Å². The summed E-state index contributed by atoms with van der Waals surface area (Å²) < 4.78 is 20.8. The topological polar surface area (TPSA) is 105 Å². The van der Waals surface area contributed by atoms with Gasteiger partial charge in [0.15, 0.2) is 10.8 Å². The molecule has 48 heavy (non-hydrogen) atoms. The Morgan fingerprint density at radius 1 is 0.458 bits per heavy atom. The average Bonchev–Trinajstić information content (AvgIpc) is 3.72. The third-order valence-electron chi connectivity index (χ3n) is 10.7. The highest BCUT2D eigenvalue weighted by molar-refractivity contribution is 6.09. The zero-order chi connectivity index (χ0) is 34.1. The zero-order valence-electron chi connectivity index (χ0n) is 27.9. The molecular formula is C40H36O8. The second-order valence-corrected chi connectivity index (χ2v) is 13.1. The van der Waals surface area contributed by atoms with E-state index in [0.717, 1.165) is 77.9 Å². The number of fused-ring (bicyclic) bond motifs is 12. The highest BCUT2D eigenvalue weighted by Gasteiger charge is 2.55. The number of aryl methyl sites for hydroxylation is 2. The number of methoxy groups -OCH3 is 4. The molecule has 0 heterocycles. The number of esters is 4. The summed E-state index contributed by atoms with van der Waals surface area (Å²) in [5.41, 5.74) is 10.3. The summed E-state index contributed by atoms with van der Waals surface area (Å²) in [4.78, 5) is 53.5. The van der Waals surface area contributed by atoms with Crippen molar-refractivity contribution in [3.05, 3.63) is 94.0 Å². The molecule has 0 aromatic heterocycles. The minimum atomic E-state index is -1.50. The number of carbonyl (C=O) groups excluding carboxylic acids is 4. The molecule has 4 aromatic carbocycles. The van der Waals surface area contributed by atoms with Crippen molar-refractivity contribution in [2.24, 2.45) is 10.8 Å². The molecule has 0 amide bonds. The Morgan fingerprint density at radius 2 is 0.750 bits per heavy atom. The molecule has 0 N–H and O–H groups in total. The molecule has 0 unspecified atom stereocenters. The van der Waals surface area contributed by atoms with Gasteiger partial charge in [0.05, 0.1) is 28.4 Å². The molecule has 0 radical (unpaired) electrons. The van der Waals surface area contributed by atoms with Crippen LogP contribution in [0.2, 0.25) is 0 Å². The standard InChI is InChI=1S/C40H36O8/c1-21-15-27-23-11-7-9-13-25(23)34-28(16-22(2)30-18-40(20-32(30)34,37(43)47-5)38(44)48-6)24-12-8-10-14-26(24)33(27)31-19-39(17-29(21)31,35(41)45-3)36(42)46-4/h7-16H,17-20H2,1-6H3. The predicted octanol–water partition coefficient (Wildman–Crippen LogP) is 6.15. The van der Waals surface area contributed by atoms with Crippen LogP contribution in [0, 0.1) is 24.7 Å². The van der Waals surface area contributed by atoms with E-state index in [9.17, 15) is 19.2 Å². The van der Waals surface area contributed by atoms with Gasteiger partial charge in [-0.3, -0.25) is 19.2 Å². The smallest absolute Gasteiger partial charge is 0.323 e. The Morgan fingerprint density at radius 3 is 1.06 bits per heavy atom. The van der Waals surface area contributed by atoms with Gasteiger partial charge in [0.1, 0.15) is 0 Å². The molecular weight excluding hydrogens is 608 g/mol. The minimum absolute atomic E-state index is 0.138. The fraction of sp³-hybridized carbons (Fsp3) is 0.300. The molecule has 0 atom stereocenters. The highest BCUT2D eigenvalue weighted by Crippen LogP contribution is 2.56. The summed E-state index contributed by atoms with van der Waals surface area (Å²) in [6, 6.07) is 20.6. The van der Waals surface area contributed by atoms with Gasteiger partial charge >= 0.3 is 23.9 Å². The van der Waals surface area contributed by atoms with Crippen molar-refractivity contribution < 1.29 is 38.1 Å². The van der Waals surface area contributed by atoms with E-state index >= 15 is 0 Å². The lowest BCUT2D eigenvalue weighted by Crippen LogP contribution is -2.42. The van der Waals surface area contributed by atoms with Crippen LogP contribution in [0.15, 0.2) is 60.7 Å². The number of hydrogen-bond acceptors (Lipinski definition) is 8. The highest BCUT2D eigenvalue weighted by atomic mass is 16.6. The average molecular weight is 645 g/mol. The Balaban J connectivity index is 1.57. The van der Waals surface area contributed by atoms with Gasteiger partial charge in [-0.25, -0.2) is 0 Å². The third-order valence-corrected chi connectivity index (χ3v) is 10.7. The Kier molecular flexibility index (Phi) is 7.31. The molecule has 8 nitrogen and oxygen atoms in total. The summed E-state index contributed by atoms with van der Waals surface area (Å²) in [7, 11) is 5.19. The lowest BCUT2D eigenvalue weighted by Gasteiger charge is -2.28. The monoisotopic (exact) mass is 644 g/mol. The van der Waals surface area contributed by atoms with Crippen LogP contribution in [-0.4, -0.2) is 52.3 Å². The molecule has 8 heteroatoms. The maximum Gasteiger partial charge on any atom is 0.323 e. The predicted molar refractivity (Wildman–Crippen MR) is 179 cm³/mol. The molecule has 0 fully saturated rings. The van der Waals surface area contributed by atoms with Crippen LogP contribution < -0.4 is 0 Å². The summed E-state index contributed by atoms with van der Waals surface area (Å²) in [6.45, 7) is 4.01. The molecule has 0 aliphatic heterocycles. The number of carbonyl (C=O) groups is 4. The van der Waals surface area contributed by atoms with E-state index in [2.05, 4.69) is 36.4 Å². The van der Waals surface area contributed by atoms with Crippen molar-refractivity contribution in [2.45, 2.75) is 39.5 Å². The zero-order valence-corrected chi connectivity index (χ0v) is 27.9. The minimum Gasteiger partial charge on any atom is -0.468 e. The van der Waals surface area contributed by atoms with Gasteiger partial charge in [0.2, 0.25) is 0 Å². The van der Waals surface area contributed by atoms with Gasteiger partial charge in [-0.2, -0.15) is 0 Å². The van der Waals surface area contributed by atoms with Crippen LogP contribution in [0.25, 0.3) is 44.5 Å². The summed E-state index contributed by atoms with van der Waals surface area (Å²) in [5.74, 6) is -2.46. The first-order valence-electron chi connectivity index (χ1n) is 15.9. The SMILES string of the molecule is COC(=O)C1(C(=O)OC)Cc2c(C)cc3c(c2C1)-c1ccccc1-c1cc(C)c2c(c1-c1ccccc1-3)CC(C(=O)OC)(C(=O)OC)C2. The Labute approximate surface area is 279 Å². The van der Waals surface area contributed by atoms with Crippen molar-refractivity contribution in [3.8, 4) is 44.5 Å². The van der Waals surface area contributed by atoms with E-state index in [-0.39, 0.29) is 25.7 Å². The quantitative estimate of drug-likeness (QED) is 0.130. The lowest BCUT2D eigenvalue weighted by atomic mass is 9.75. The van der Waals surface area contributed by atoms with Crippen LogP contribution in [0.3, 0.4) is 0 Å². The molecule has 7 rings (SSSR count). The first kappa shape index (κ1) is 31.4. The molecule has 0 bridgehead atoms. The first-order chi connectivity index (χ1) is 23.1. The van der Waals surface area contributed by atoms with Crippen LogP contribution in [0.5, 0.6) is 0 Å². The van der Waals surface area contributed by atoms with Gasteiger partial charge in [-0.05, 0) is 91.7 Å². The van der Waals surface area contributed by atoms with Gasteiger partial charge in [0.25, 0.3) is 0 Å². The summed E-state index contributed by atoms with van der Waals surface area (Å²) in [5, 5.41) is 0. The maximum absolute atomic E-state index is 13.4. The van der Waals surface area contributed by atoms with E-state index in [1.54, 1.807) is 0 Å². The molecule has 3 aliphatic carbocycles. The largest absolute Gasteiger partial charge is 0.468 e. The molecule has 0 saturated heterocycles. The van der Waals surface area contributed by atoms with Gasteiger partial charge < -0.3 is 18.9 Å². The first-order valence-corrected chi connectivity index (χ1v) is 15.9. The van der Waals surface area contributed by atoms with Crippen molar-refractivity contribution in [3.63, 3.8) is 0 Å². The summed E-state index contributed by atoms with van der Waals surface area (Å²) >= 11 is 0. The number of benzene rings is 4. The second kappa shape index (κ2) is 11.2. The van der Waals surface area contributed by atoms with Crippen molar-refractivity contribution in [2.75, 3.05) is 28.4 Å². The second-order valence-electron chi connectivity index (χ2n) is 13.1. The normalized spacial score (nSPS) is 15.6. The van der Waals surface area contributed by atoms with Crippen molar-refractivity contribution in [1.29, 1.82) is 0 Å². The van der Waals surface area contributed by atoms with Crippen molar-refractivity contribution >= 4 is 23.9 Å². The Hall–Kier alpha value is -5.24. The fourth-order valence-electron chi connectivity index (χ4n) is 8.51. The van der Waals surface area contributed by atoms with Gasteiger partial charge in [-0.15, -0.1) is 0 Å². The van der Waals surface area contributed by atoms with Gasteiger partial charge in [0, 0.05) is 25.7 Å². The van der Waals surface area contributed by atoms with E-state index < -0.39 is 34.7 Å². The Bertz CT molecular complexity index is 1910. The lowest BCUT2D eigenvalue weighted by molar-refractivity contribution is -0.170. The molecule has 3 aliphatic rings. The molecule has 244 valence electrons. The number of rotatable bonds is 4. The van der Waals surface area contributed by atoms with E-state index in [1.807, 2.05) is 38.1 Å². The van der Waals surface area contributed by atoms with Crippen LogP contribution >= 0.6 is 0 Å². The molecule has 0 spiro atoms. The van der Waals surface area contributed by atoms with Crippen LogP contribution in [0.1, 0.15) is 33.4 Å². The number of hydrogen-bond donors (Lipinski definition) is 0. The van der Waals surface area contributed by atoms with Crippen LogP contribution in [-0.2, 0) is 63.8 Å². The number of ether oxygens (including phenoxy) is 4. The fourth-order valence-corrected chi connectivity index (χ4v) is 8.51. The van der Waals surface area contributed by atoms with E-state index in [1.165, 1.54) is 28.4 Å². The van der Waals surface area contributed by atoms with Crippen LogP contribution in [0.4, 0.5) is 0 Å².